The Bertz CT molecular complexity index is 820. The molecule has 0 radical (unpaired) electrons. The summed E-state index contributed by atoms with van der Waals surface area (Å²) >= 11 is 0. The first-order valence-electron chi connectivity index (χ1n) is 13.2. The molecule has 3 nitrogen and oxygen atoms in total. The van der Waals surface area contributed by atoms with Crippen molar-refractivity contribution < 1.29 is 15.0 Å². The van der Waals surface area contributed by atoms with Crippen LogP contribution >= 0.6 is 0 Å². The molecular weight excluding hydrogens is 396 g/mol. The molecule has 3 heteroatoms. The lowest BCUT2D eigenvalue weighted by molar-refractivity contribution is -0.175. The van der Waals surface area contributed by atoms with Crippen LogP contribution in [0.3, 0.4) is 0 Å². The molecule has 0 aromatic rings. The fourth-order valence-electron chi connectivity index (χ4n) is 9.08. The van der Waals surface area contributed by atoms with Crippen molar-refractivity contribution in [2.75, 3.05) is 0 Å². The zero-order valence-electron chi connectivity index (χ0n) is 21.3. The second-order valence-corrected chi connectivity index (χ2v) is 12.7. The summed E-state index contributed by atoms with van der Waals surface area (Å²) in [6, 6.07) is 0. The van der Waals surface area contributed by atoms with Gasteiger partial charge in [-0.3, -0.25) is 4.79 Å². The van der Waals surface area contributed by atoms with Gasteiger partial charge in [0, 0.05) is 0 Å². The van der Waals surface area contributed by atoms with E-state index in [9.17, 15) is 15.0 Å². The van der Waals surface area contributed by atoms with Gasteiger partial charge in [0.1, 0.15) is 0 Å². The van der Waals surface area contributed by atoms with Crippen molar-refractivity contribution in [1.82, 2.24) is 0 Å². The molecule has 2 saturated carbocycles. The van der Waals surface area contributed by atoms with Gasteiger partial charge in [-0.05, 0) is 119 Å². The summed E-state index contributed by atoms with van der Waals surface area (Å²) < 4.78 is 0. The molecule has 0 spiro atoms. The summed E-state index contributed by atoms with van der Waals surface area (Å²) in [4.78, 5) is 12.3. The number of carboxylic acid groups (broad SMARTS) is 1. The Morgan fingerprint density at radius 3 is 2.47 bits per heavy atom. The number of aliphatic hydroxyl groups excluding tert-OH is 1. The molecule has 4 aliphatic rings. The highest BCUT2D eigenvalue weighted by atomic mass is 16.4. The van der Waals surface area contributed by atoms with Gasteiger partial charge in [0.15, 0.2) is 0 Å². The van der Waals surface area contributed by atoms with Gasteiger partial charge in [-0.1, -0.05) is 43.6 Å². The molecule has 0 bridgehead atoms. The first-order chi connectivity index (χ1) is 15.0. The van der Waals surface area contributed by atoms with Crippen LogP contribution in [-0.4, -0.2) is 22.3 Å². The van der Waals surface area contributed by atoms with E-state index in [0.717, 1.165) is 37.5 Å². The van der Waals surface area contributed by atoms with Gasteiger partial charge in [-0.25, -0.2) is 0 Å². The van der Waals surface area contributed by atoms with E-state index in [-0.39, 0.29) is 11.3 Å². The SMILES string of the molecule is CC(C)=CCC[C@@H](C)[C@H]1CC[C@H]2C3=C(CC[C@]12C)[C@@]1(C)CC[C@H](O)[C@@](C)(C(=O)O)[C@@H]1CC3. The molecule has 2 N–H and O–H groups in total. The zero-order chi connectivity index (χ0) is 23.5. The number of allylic oxidation sites excluding steroid dienone is 4. The Morgan fingerprint density at radius 1 is 1.09 bits per heavy atom. The summed E-state index contributed by atoms with van der Waals surface area (Å²) in [6.45, 7) is 13.6. The molecule has 0 amide bonds. The Morgan fingerprint density at radius 2 is 1.81 bits per heavy atom. The molecule has 8 atom stereocenters. The van der Waals surface area contributed by atoms with Crippen LogP contribution in [-0.2, 0) is 4.79 Å². The van der Waals surface area contributed by atoms with E-state index in [0.29, 0.717) is 17.8 Å². The molecule has 0 aromatic carbocycles. The lowest BCUT2D eigenvalue weighted by Gasteiger charge is -2.59. The molecule has 32 heavy (non-hydrogen) atoms. The summed E-state index contributed by atoms with van der Waals surface area (Å²) in [6.07, 6.45) is 12.7. The van der Waals surface area contributed by atoms with Gasteiger partial charge < -0.3 is 10.2 Å². The number of carboxylic acids is 1. The molecule has 180 valence electrons. The summed E-state index contributed by atoms with van der Waals surface area (Å²) in [5.41, 5.74) is 4.06. The number of aliphatic hydroxyl groups is 1. The molecule has 0 saturated heterocycles. The molecule has 0 aromatic heterocycles. The smallest absolute Gasteiger partial charge is 0.312 e. The topological polar surface area (TPSA) is 57.5 Å². The van der Waals surface area contributed by atoms with Gasteiger partial charge in [0.25, 0.3) is 0 Å². The van der Waals surface area contributed by atoms with Crippen molar-refractivity contribution in [3.8, 4) is 0 Å². The number of hydrogen-bond acceptors (Lipinski definition) is 2. The normalized spacial score (nSPS) is 44.3. The fraction of sp³-hybridized carbons (Fsp3) is 0.828. The second kappa shape index (κ2) is 8.29. The fourth-order valence-corrected chi connectivity index (χ4v) is 9.08. The predicted molar refractivity (Wildman–Crippen MR) is 130 cm³/mol. The summed E-state index contributed by atoms with van der Waals surface area (Å²) in [5.74, 6) is 1.48. The van der Waals surface area contributed by atoms with E-state index in [1.165, 1.54) is 37.7 Å². The minimum atomic E-state index is -1.02. The third-order valence-corrected chi connectivity index (χ3v) is 11.0. The van der Waals surface area contributed by atoms with Crippen LogP contribution in [0.2, 0.25) is 0 Å². The molecular formula is C29H46O3. The average Bonchev–Trinajstić information content (AvgIpc) is 3.08. The highest BCUT2D eigenvalue weighted by molar-refractivity contribution is 5.76. The van der Waals surface area contributed by atoms with E-state index in [4.69, 9.17) is 0 Å². The first kappa shape index (κ1) is 24.0. The van der Waals surface area contributed by atoms with Crippen LogP contribution < -0.4 is 0 Å². The van der Waals surface area contributed by atoms with E-state index >= 15 is 0 Å². The predicted octanol–water partition coefficient (Wildman–Crippen LogP) is 7.15. The minimum Gasteiger partial charge on any atom is -0.481 e. The zero-order valence-corrected chi connectivity index (χ0v) is 21.3. The number of fused-ring (bicyclic) bond motifs is 4. The van der Waals surface area contributed by atoms with Crippen LogP contribution in [0.15, 0.2) is 22.8 Å². The Kier molecular flexibility index (Phi) is 6.23. The largest absolute Gasteiger partial charge is 0.481 e. The van der Waals surface area contributed by atoms with Gasteiger partial charge in [-0.15, -0.1) is 0 Å². The van der Waals surface area contributed by atoms with Crippen molar-refractivity contribution in [2.24, 2.45) is 39.9 Å². The maximum absolute atomic E-state index is 12.3. The third kappa shape index (κ3) is 3.44. The Hall–Kier alpha value is -1.09. The van der Waals surface area contributed by atoms with E-state index in [2.05, 4.69) is 40.7 Å². The van der Waals surface area contributed by atoms with Crippen molar-refractivity contribution in [3.05, 3.63) is 22.8 Å². The van der Waals surface area contributed by atoms with E-state index in [1.807, 2.05) is 6.92 Å². The van der Waals surface area contributed by atoms with Crippen LogP contribution in [0.25, 0.3) is 0 Å². The molecule has 0 aliphatic heterocycles. The number of hydrogen-bond donors (Lipinski definition) is 2. The van der Waals surface area contributed by atoms with E-state index in [1.54, 1.807) is 11.1 Å². The number of rotatable bonds is 5. The summed E-state index contributed by atoms with van der Waals surface area (Å²) in [5, 5.41) is 20.9. The van der Waals surface area contributed by atoms with Gasteiger partial charge in [0.2, 0.25) is 0 Å². The van der Waals surface area contributed by atoms with Crippen LogP contribution in [0.1, 0.15) is 106 Å². The van der Waals surface area contributed by atoms with Gasteiger partial charge in [-0.2, -0.15) is 0 Å². The number of carbonyl (C=O) groups is 1. The monoisotopic (exact) mass is 442 g/mol. The first-order valence-corrected chi connectivity index (χ1v) is 13.2. The Labute approximate surface area is 195 Å². The third-order valence-electron chi connectivity index (χ3n) is 11.0. The standard InChI is InChI=1S/C29H46O3/c1-18(2)8-7-9-19(3)21-11-12-22-20-10-13-24-28(5,23(20)14-16-27(21,22)4)17-15-25(30)29(24,6)26(31)32/h8,19,21-22,24-25,30H,7,9-17H2,1-6H3,(H,31,32)/t19-,21-,22+,24-,25+,27-,28-,29+/m1/s1. The highest BCUT2D eigenvalue weighted by Crippen LogP contribution is 2.68. The van der Waals surface area contributed by atoms with Crippen molar-refractivity contribution >= 4 is 5.97 Å². The van der Waals surface area contributed by atoms with Crippen molar-refractivity contribution in [2.45, 2.75) is 112 Å². The van der Waals surface area contributed by atoms with E-state index < -0.39 is 17.5 Å². The van der Waals surface area contributed by atoms with Crippen molar-refractivity contribution in [1.29, 1.82) is 0 Å². The maximum atomic E-state index is 12.3. The lowest BCUT2D eigenvalue weighted by Crippen LogP contribution is -2.58. The van der Waals surface area contributed by atoms with Crippen LogP contribution in [0.4, 0.5) is 0 Å². The Balaban J connectivity index is 1.62. The van der Waals surface area contributed by atoms with Crippen LogP contribution in [0.5, 0.6) is 0 Å². The van der Waals surface area contributed by atoms with Crippen LogP contribution in [0, 0.1) is 39.9 Å². The molecule has 4 rings (SSSR count). The van der Waals surface area contributed by atoms with Gasteiger partial charge in [0.05, 0.1) is 11.5 Å². The average molecular weight is 443 g/mol. The molecule has 2 fully saturated rings. The number of aliphatic carboxylic acids is 1. The van der Waals surface area contributed by atoms with Gasteiger partial charge >= 0.3 is 5.97 Å². The maximum Gasteiger partial charge on any atom is 0.312 e. The highest BCUT2D eigenvalue weighted by Gasteiger charge is 2.62. The minimum absolute atomic E-state index is 0.0413. The quantitative estimate of drug-likeness (QED) is 0.444. The lowest BCUT2D eigenvalue weighted by atomic mass is 9.45. The molecule has 4 aliphatic carbocycles. The molecule has 0 heterocycles. The second-order valence-electron chi connectivity index (χ2n) is 12.7. The summed E-state index contributed by atoms with van der Waals surface area (Å²) in [7, 11) is 0. The van der Waals surface area contributed by atoms with Crippen molar-refractivity contribution in [3.63, 3.8) is 0 Å². The molecule has 0 unspecified atom stereocenters.